The molecule has 0 saturated heterocycles. The first kappa shape index (κ1) is 8.43. The van der Waals surface area contributed by atoms with Crippen LogP contribution >= 0.6 is 0 Å². The van der Waals surface area contributed by atoms with Crippen molar-refractivity contribution in [1.82, 2.24) is 9.97 Å². The highest BCUT2D eigenvalue weighted by molar-refractivity contribution is 5.32. The second-order valence-corrected chi connectivity index (χ2v) is 2.17. The first-order valence-corrected chi connectivity index (χ1v) is 3.50. The van der Waals surface area contributed by atoms with Crippen LogP contribution in [-0.2, 0) is 0 Å². The first-order valence-electron chi connectivity index (χ1n) is 3.50. The third-order valence-electron chi connectivity index (χ3n) is 1.31. The van der Waals surface area contributed by atoms with Crippen LogP contribution in [-0.4, -0.2) is 16.5 Å². The van der Waals surface area contributed by atoms with E-state index in [-0.39, 0.29) is 0 Å². The maximum absolute atomic E-state index is 8.29. The maximum atomic E-state index is 8.29. The summed E-state index contributed by atoms with van der Waals surface area (Å²) in [6.45, 7) is 0.467. The van der Waals surface area contributed by atoms with Gasteiger partial charge in [0, 0.05) is 18.9 Å². The Balaban J connectivity index is 2.55. The quantitative estimate of drug-likeness (QED) is 0.504. The van der Waals surface area contributed by atoms with Crippen LogP contribution in [0.5, 0.6) is 0 Å². The van der Waals surface area contributed by atoms with Gasteiger partial charge in [-0.3, -0.25) is 9.99 Å². The van der Waals surface area contributed by atoms with Crippen molar-refractivity contribution in [2.24, 2.45) is 5.84 Å². The Morgan fingerprint density at radius 1 is 1.58 bits per heavy atom. The highest BCUT2D eigenvalue weighted by atomic mass is 15.4. The van der Waals surface area contributed by atoms with Gasteiger partial charge in [0.05, 0.1) is 18.7 Å². The largest absolute Gasteiger partial charge is 0.293 e. The Kier molecular flexibility index (Phi) is 2.99. The average Bonchev–Trinajstić information content (AvgIpc) is 2.15. The van der Waals surface area contributed by atoms with E-state index in [1.807, 2.05) is 6.07 Å². The zero-order valence-corrected chi connectivity index (χ0v) is 6.51. The Morgan fingerprint density at radius 3 is 3.00 bits per heavy atom. The van der Waals surface area contributed by atoms with Crippen LogP contribution in [0.25, 0.3) is 0 Å². The van der Waals surface area contributed by atoms with Crippen LogP contribution in [0, 0.1) is 11.3 Å². The van der Waals surface area contributed by atoms with Gasteiger partial charge in [0.1, 0.15) is 0 Å². The number of anilines is 1. The van der Waals surface area contributed by atoms with Gasteiger partial charge in [-0.05, 0) is 0 Å². The predicted molar refractivity (Wildman–Crippen MR) is 43.8 cm³/mol. The van der Waals surface area contributed by atoms with Crippen molar-refractivity contribution in [2.45, 2.75) is 6.42 Å². The molecule has 0 atom stereocenters. The van der Waals surface area contributed by atoms with Crippen molar-refractivity contribution in [3.8, 4) is 6.07 Å². The van der Waals surface area contributed by atoms with Crippen LogP contribution in [0.1, 0.15) is 6.42 Å². The van der Waals surface area contributed by atoms with Gasteiger partial charge in [0.15, 0.2) is 5.82 Å². The smallest absolute Gasteiger partial charge is 0.161 e. The lowest BCUT2D eigenvalue weighted by atomic mass is 10.4. The minimum atomic E-state index is 0.382. The Morgan fingerprint density at radius 2 is 2.42 bits per heavy atom. The third-order valence-corrected chi connectivity index (χ3v) is 1.31. The van der Waals surface area contributed by atoms with Crippen molar-refractivity contribution in [2.75, 3.05) is 11.6 Å². The van der Waals surface area contributed by atoms with E-state index in [4.69, 9.17) is 11.1 Å². The summed E-state index contributed by atoms with van der Waals surface area (Å²) in [7, 11) is 0. The number of hydrogen-bond donors (Lipinski definition) is 1. The van der Waals surface area contributed by atoms with Crippen molar-refractivity contribution in [3.05, 3.63) is 18.6 Å². The Labute approximate surface area is 70.4 Å². The minimum absolute atomic E-state index is 0.382. The molecule has 2 N–H and O–H groups in total. The lowest BCUT2D eigenvalue weighted by molar-refractivity contribution is 0.822. The molecule has 0 aliphatic rings. The Hall–Kier alpha value is -1.67. The van der Waals surface area contributed by atoms with E-state index < -0.39 is 0 Å². The predicted octanol–water partition coefficient (Wildman–Crippen LogP) is 0.0704. The van der Waals surface area contributed by atoms with E-state index in [1.165, 1.54) is 5.01 Å². The molecule has 0 aromatic carbocycles. The number of hydrogen-bond acceptors (Lipinski definition) is 5. The molecule has 0 unspecified atom stereocenters. The number of nitrogens with zero attached hydrogens (tertiary/aromatic N) is 4. The number of nitrogens with two attached hydrogens (primary N) is 1. The van der Waals surface area contributed by atoms with Gasteiger partial charge in [-0.15, -0.1) is 0 Å². The monoisotopic (exact) mass is 163 g/mol. The van der Waals surface area contributed by atoms with Crippen molar-refractivity contribution in [3.63, 3.8) is 0 Å². The number of hydrazine groups is 1. The number of rotatable bonds is 3. The summed E-state index contributed by atoms with van der Waals surface area (Å²) in [4.78, 5) is 7.81. The van der Waals surface area contributed by atoms with Gasteiger partial charge >= 0.3 is 0 Å². The highest BCUT2D eigenvalue weighted by Gasteiger charge is 2.00. The summed E-state index contributed by atoms with van der Waals surface area (Å²) >= 11 is 0. The van der Waals surface area contributed by atoms with E-state index >= 15 is 0 Å². The minimum Gasteiger partial charge on any atom is -0.293 e. The Bertz CT molecular complexity index is 265. The fraction of sp³-hybridized carbons (Fsp3) is 0.286. The van der Waals surface area contributed by atoms with E-state index in [0.29, 0.717) is 18.8 Å². The molecule has 0 aliphatic carbocycles. The molecule has 62 valence electrons. The maximum Gasteiger partial charge on any atom is 0.161 e. The van der Waals surface area contributed by atoms with Crippen molar-refractivity contribution < 1.29 is 0 Å². The molecule has 5 nitrogen and oxygen atoms in total. The molecule has 1 aromatic rings. The molecule has 1 rings (SSSR count). The molecule has 12 heavy (non-hydrogen) atoms. The number of aromatic nitrogens is 2. The molecular formula is C7H9N5. The summed E-state index contributed by atoms with van der Waals surface area (Å²) in [6.07, 6.45) is 5.06. The van der Waals surface area contributed by atoms with E-state index in [2.05, 4.69) is 9.97 Å². The van der Waals surface area contributed by atoms with E-state index in [0.717, 1.165) is 0 Å². The molecule has 1 aromatic heterocycles. The average molecular weight is 163 g/mol. The summed E-state index contributed by atoms with van der Waals surface area (Å²) in [6, 6.07) is 2.00. The zero-order chi connectivity index (χ0) is 8.81. The van der Waals surface area contributed by atoms with Gasteiger partial charge in [0.2, 0.25) is 0 Å². The van der Waals surface area contributed by atoms with Gasteiger partial charge in [-0.2, -0.15) is 5.26 Å². The van der Waals surface area contributed by atoms with E-state index in [9.17, 15) is 0 Å². The lowest BCUT2D eigenvalue weighted by Crippen LogP contribution is -2.32. The molecule has 0 radical (unpaired) electrons. The molecule has 0 amide bonds. The molecule has 0 spiro atoms. The summed E-state index contributed by atoms with van der Waals surface area (Å²) in [5, 5.41) is 9.69. The molecule has 0 saturated carbocycles. The SMILES string of the molecule is N#CCCN(N)c1cnccn1. The molecule has 0 fully saturated rings. The fourth-order valence-electron chi connectivity index (χ4n) is 0.725. The van der Waals surface area contributed by atoms with Gasteiger partial charge in [-0.25, -0.2) is 10.8 Å². The molecule has 1 heterocycles. The second kappa shape index (κ2) is 4.26. The van der Waals surface area contributed by atoms with Gasteiger partial charge in [-0.1, -0.05) is 0 Å². The van der Waals surface area contributed by atoms with Gasteiger partial charge < -0.3 is 0 Å². The molecule has 0 aliphatic heterocycles. The summed E-state index contributed by atoms with van der Waals surface area (Å²) in [5.41, 5.74) is 0. The lowest BCUT2D eigenvalue weighted by Gasteiger charge is -2.14. The molecule has 5 heteroatoms. The van der Waals surface area contributed by atoms with Crippen LogP contribution in [0.3, 0.4) is 0 Å². The van der Waals surface area contributed by atoms with Crippen LogP contribution in [0.2, 0.25) is 0 Å². The fourth-order valence-corrected chi connectivity index (χ4v) is 0.725. The van der Waals surface area contributed by atoms with Crippen molar-refractivity contribution in [1.29, 1.82) is 5.26 Å². The standard InChI is InChI=1S/C7H9N5/c8-2-1-5-12(9)7-6-10-3-4-11-7/h3-4,6H,1,5,9H2. The highest BCUT2D eigenvalue weighted by Crippen LogP contribution is 2.01. The zero-order valence-electron chi connectivity index (χ0n) is 6.51. The number of nitriles is 1. The third kappa shape index (κ3) is 2.18. The van der Waals surface area contributed by atoms with Crippen LogP contribution in [0.15, 0.2) is 18.6 Å². The molecule has 0 bridgehead atoms. The van der Waals surface area contributed by atoms with Crippen molar-refractivity contribution >= 4 is 5.82 Å². The summed E-state index contributed by atoms with van der Waals surface area (Å²) in [5.74, 6) is 6.14. The van der Waals surface area contributed by atoms with Crippen LogP contribution < -0.4 is 10.9 Å². The molecular weight excluding hydrogens is 154 g/mol. The summed E-state index contributed by atoms with van der Waals surface area (Å²) < 4.78 is 0. The van der Waals surface area contributed by atoms with E-state index in [1.54, 1.807) is 18.6 Å². The van der Waals surface area contributed by atoms with Crippen LogP contribution in [0.4, 0.5) is 5.82 Å². The van der Waals surface area contributed by atoms with Gasteiger partial charge in [0.25, 0.3) is 0 Å². The topological polar surface area (TPSA) is 78.8 Å². The second-order valence-electron chi connectivity index (χ2n) is 2.17. The normalized spacial score (nSPS) is 9.00. The first-order chi connectivity index (χ1) is 5.84.